The number of ketones is 1. The highest BCUT2D eigenvalue weighted by Crippen LogP contribution is 2.47. The van der Waals surface area contributed by atoms with Crippen molar-refractivity contribution in [1.29, 1.82) is 0 Å². The molecule has 0 aromatic rings. The van der Waals surface area contributed by atoms with Crippen molar-refractivity contribution in [3.8, 4) is 0 Å². The van der Waals surface area contributed by atoms with E-state index in [4.69, 9.17) is 9.47 Å². The van der Waals surface area contributed by atoms with E-state index in [9.17, 15) is 25.2 Å². The minimum absolute atomic E-state index is 0.0669. The molecule has 7 heteroatoms. The Kier molecular flexibility index (Phi) is 6.64. The molecule has 2 rings (SSSR count). The van der Waals surface area contributed by atoms with Crippen LogP contribution >= 0.6 is 0 Å². The maximum atomic E-state index is 12.8. The van der Waals surface area contributed by atoms with Crippen LogP contribution in [0.3, 0.4) is 0 Å². The van der Waals surface area contributed by atoms with Gasteiger partial charge in [0.15, 0.2) is 5.79 Å². The molecule has 0 saturated carbocycles. The highest BCUT2D eigenvalue weighted by Gasteiger charge is 2.62. The van der Waals surface area contributed by atoms with E-state index in [0.29, 0.717) is 6.42 Å². The van der Waals surface area contributed by atoms with Crippen LogP contribution in [-0.2, 0) is 14.3 Å². The number of hydrogen-bond acceptors (Lipinski definition) is 7. The molecule has 2 saturated heterocycles. The summed E-state index contributed by atoms with van der Waals surface area (Å²) in [5.74, 6) is -3.83. The first-order chi connectivity index (χ1) is 12.1. The van der Waals surface area contributed by atoms with Gasteiger partial charge in [-0.25, -0.2) is 0 Å². The van der Waals surface area contributed by atoms with Gasteiger partial charge in [-0.2, -0.15) is 0 Å². The number of aliphatic hydroxyl groups excluding tert-OH is 3. The van der Waals surface area contributed by atoms with Gasteiger partial charge in [-0.15, -0.1) is 0 Å². The Morgan fingerprint density at radius 1 is 1.42 bits per heavy atom. The molecule has 0 bridgehead atoms. The molecule has 0 radical (unpaired) electrons. The van der Waals surface area contributed by atoms with Crippen LogP contribution in [0, 0.1) is 17.8 Å². The lowest BCUT2D eigenvalue weighted by Crippen LogP contribution is -2.53. The van der Waals surface area contributed by atoms with Gasteiger partial charge in [0.05, 0.1) is 43.4 Å². The van der Waals surface area contributed by atoms with Crippen molar-refractivity contribution >= 4 is 5.78 Å². The smallest absolute Gasteiger partial charge is 0.167 e. The maximum absolute atomic E-state index is 12.8. The Morgan fingerprint density at radius 3 is 2.58 bits per heavy atom. The van der Waals surface area contributed by atoms with E-state index in [0.717, 1.165) is 0 Å². The number of hydrogen-bond donors (Lipinski definition) is 4. The highest BCUT2D eigenvalue weighted by molar-refractivity contribution is 5.85. The minimum atomic E-state index is -1.44. The van der Waals surface area contributed by atoms with E-state index in [1.165, 1.54) is 0 Å². The molecule has 150 valence electrons. The molecule has 2 aliphatic rings. The lowest BCUT2D eigenvalue weighted by Gasteiger charge is -2.39. The van der Waals surface area contributed by atoms with Crippen molar-refractivity contribution in [3.63, 3.8) is 0 Å². The van der Waals surface area contributed by atoms with Crippen LogP contribution < -0.4 is 0 Å². The number of ether oxygens (including phenoxy) is 2. The fraction of sp³-hybridized carbons (Fsp3) is 0.842. The van der Waals surface area contributed by atoms with Gasteiger partial charge in [-0.3, -0.25) is 4.79 Å². The van der Waals surface area contributed by atoms with Gasteiger partial charge in [-0.05, 0) is 20.3 Å². The van der Waals surface area contributed by atoms with Gasteiger partial charge in [0.1, 0.15) is 11.4 Å². The fourth-order valence-corrected chi connectivity index (χ4v) is 3.93. The molecule has 26 heavy (non-hydrogen) atoms. The molecule has 2 fully saturated rings. The Balaban J connectivity index is 2.07. The summed E-state index contributed by atoms with van der Waals surface area (Å²) in [5.41, 5.74) is -0.924. The van der Waals surface area contributed by atoms with Crippen molar-refractivity contribution in [2.75, 3.05) is 13.2 Å². The molecule has 0 amide bonds. The first kappa shape index (κ1) is 21.5. The zero-order chi connectivity index (χ0) is 19.7. The van der Waals surface area contributed by atoms with Crippen LogP contribution in [0.4, 0.5) is 0 Å². The number of aliphatic hydroxyl groups is 4. The van der Waals surface area contributed by atoms with E-state index in [2.05, 4.69) is 0 Å². The Bertz CT molecular complexity index is 536. The number of epoxide rings is 1. The molecule has 0 aliphatic carbocycles. The van der Waals surface area contributed by atoms with E-state index in [1.54, 1.807) is 13.8 Å². The Labute approximate surface area is 154 Å². The molecular weight excluding hydrogens is 340 g/mol. The molecule has 0 spiro atoms. The lowest BCUT2D eigenvalue weighted by atomic mass is 9.78. The summed E-state index contributed by atoms with van der Waals surface area (Å²) >= 11 is 0. The van der Waals surface area contributed by atoms with Crippen LogP contribution in [0.15, 0.2) is 12.2 Å². The second-order valence-electron chi connectivity index (χ2n) is 7.73. The molecule has 2 aliphatic heterocycles. The number of carbonyl (C=O) groups is 1. The third-order valence-corrected chi connectivity index (χ3v) is 5.83. The van der Waals surface area contributed by atoms with Crippen LogP contribution in [0.25, 0.3) is 0 Å². The SMILES string of the molecule is C/C=C\C(C)C1O[C@@]1(C)C(O)[C@@H](CO)C(=O)C1COC(O)(CC)CC1O. The molecule has 8 atom stereocenters. The number of rotatable bonds is 8. The van der Waals surface area contributed by atoms with Crippen molar-refractivity contribution in [2.24, 2.45) is 17.8 Å². The van der Waals surface area contributed by atoms with Crippen molar-refractivity contribution in [2.45, 2.75) is 70.2 Å². The summed E-state index contributed by atoms with van der Waals surface area (Å²) in [6.45, 7) is 6.61. The summed E-state index contributed by atoms with van der Waals surface area (Å²) in [6, 6.07) is 0. The van der Waals surface area contributed by atoms with Crippen LogP contribution in [-0.4, -0.2) is 69.1 Å². The lowest BCUT2D eigenvalue weighted by molar-refractivity contribution is -0.258. The van der Waals surface area contributed by atoms with E-state index >= 15 is 0 Å². The van der Waals surface area contributed by atoms with Gasteiger partial charge in [0.25, 0.3) is 0 Å². The predicted octanol–water partition coefficient (Wildman–Crippen LogP) is 0.391. The van der Waals surface area contributed by atoms with Crippen molar-refractivity contribution < 1.29 is 34.7 Å². The normalized spacial score (nSPS) is 41.0. The molecule has 0 aromatic carbocycles. The fourth-order valence-electron chi connectivity index (χ4n) is 3.93. The second-order valence-corrected chi connectivity index (χ2v) is 7.73. The zero-order valence-corrected chi connectivity index (χ0v) is 16.0. The third-order valence-electron chi connectivity index (χ3n) is 5.83. The van der Waals surface area contributed by atoms with Crippen LogP contribution in [0.2, 0.25) is 0 Å². The first-order valence-corrected chi connectivity index (χ1v) is 9.31. The number of Topliss-reactive ketones (excluding diaryl/α,β-unsaturated/α-hetero) is 1. The average molecular weight is 372 g/mol. The van der Waals surface area contributed by atoms with E-state index in [1.807, 2.05) is 26.0 Å². The van der Waals surface area contributed by atoms with E-state index in [-0.39, 0.29) is 25.0 Å². The molecule has 4 N–H and O–H groups in total. The second kappa shape index (κ2) is 8.04. The molecule has 0 aromatic heterocycles. The maximum Gasteiger partial charge on any atom is 0.167 e. The molecular formula is C19H32O7. The van der Waals surface area contributed by atoms with E-state index < -0.39 is 47.8 Å². The summed E-state index contributed by atoms with van der Waals surface area (Å²) in [5, 5.41) is 40.9. The van der Waals surface area contributed by atoms with Gasteiger partial charge in [0.2, 0.25) is 0 Å². The summed E-state index contributed by atoms with van der Waals surface area (Å²) in [4.78, 5) is 12.8. The zero-order valence-electron chi connectivity index (χ0n) is 16.0. The molecule has 2 heterocycles. The van der Waals surface area contributed by atoms with Gasteiger partial charge in [-0.1, -0.05) is 26.0 Å². The Hall–Kier alpha value is -0.830. The summed E-state index contributed by atoms with van der Waals surface area (Å²) in [7, 11) is 0. The predicted molar refractivity (Wildman–Crippen MR) is 94.2 cm³/mol. The highest BCUT2D eigenvalue weighted by atomic mass is 16.6. The standard InChI is InChI=1S/C19H32O7/c1-5-7-11(3)17-18(4,26-17)16(23)12(9-20)15(22)13-10-25-19(24,6-2)8-14(13)21/h5,7,11-14,16-17,20-21,23-24H,6,8-10H2,1-4H3/b7-5-/t11?,12-,13?,14?,16?,17?,18-,19?/m0/s1. The minimum Gasteiger partial charge on any atom is -0.396 e. The largest absolute Gasteiger partial charge is 0.396 e. The number of carbonyl (C=O) groups excluding carboxylic acids is 1. The summed E-state index contributed by atoms with van der Waals surface area (Å²) < 4.78 is 11.0. The van der Waals surface area contributed by atoms with Gasteiger partial charge in [0, 0.05) is 12.3 Å². The molecule has 6 unspecified atom stereocenters. The number of allylic oxidation sites excluding steroid dienone is 1. The van der Waals surface area contributed by atoms with Crippen LogP contribution in [0.5, 0.6) is 0 Å². The molecule has 7 nitrogen and oxygen atoms in total. The topological polar surface area (TPSA) is 120 Å². The quantitative estimate of drug-likeness (QED) is 0.359. The van der Waals surface area contributed by atoms with Crippen LogP contribution in [0.1, 0.15) is 40.5 Å². The first-order valence-electron chi connectivity index (χ1n) is 9.31. The Morgan fingerprint density at radius 2 is 2.08 bits per heavy atom. The summed E-state index contributed by atoms with van der Waals surface area (Å²) in [6.07, 6.45) is 1.55. The average Bonchev–Trinajstić information content (AvgIpc) is 3.29. The van der Waals surface area contributed by atoms with Crippen molar-refractivity contribution in [3.05, 3.63) is 12.2 Å². The third kappa shape index (κ3) is 4.03. The monoisotopic (exact) mass is 372 g/mol. The van der Waals surface area contributed by atoms with Gasteiger partial charge >= 0.3 is 0 Å². The van der Waals surface area contributed by atoms with Crippen molar-refractivity contribution in [1.82, 2.24) is 0 Å². The van der Waals surface area contributed by atoms with Gasteiger partial charge < -0.3 is 29.9 Å².